The zero-order valence-electron chi connectivity index (χ0n) is 13.5. The molecule has 3 aromatic carbocycles. The molecule has 0 radical (unpaired) electrons. The molecular formula is C20H15FN2OS. The number of aromatic nitrogens is 1. The first-order valence-electron chi connectivity index (χ1n) is 7.79. The highest BCUT2D eigenvalue weighted by Crippen LogP contribution is 2.35. The van der Waals surface area contributed by atoms with Crippen LogP contribution in [0.3, 0.4) is 0 Å². The second-order valence-electron chi connectivity index (χ2n) is 5.54. The van der Waals surface area contributed by atoms with Crippen LogP contribution < -0.4 is 10.1 Å². The summed E-state index contributed by atoms with van der Waals surface area (Å²) >= 11 is 1.41. The van der Waals surface area contributed by atoms with Crippen molar-refractivity contribution in [3.8, 4) is 16.9 Å². The third-order valence-electron chi connectivity index (χ3n) is 3.90. The summed E-state index contributed by atoms with van der Waals surface area (Å²) in [5, 5.41) is 3.97. The first-order valence-corrected chi connectivity index (χ1v) is 8.61. The van der Waals surface area contributed by atoms with Crippen molar-refractivity contribution in [2.75, 3.05) is 12.4 Å². The second-order valence-corrected chi connectivity index (χ2v) is 6.57. The molecule has 1 aromatic heterocycles. The molecule has 0 atom stereocenters. The van der Waals surface area contributed by atoms with Crippen molar-refractivity contribution in [3.63, 3.8) is 0 Å². The highest BCUT2D eigenvalue weighted by Gasteiger charge is 2.10. The van der Waals surface area contributed by atoms with Gasteiger partial charge in [0.1, 0.15) is 11.6 Å². The van der Waals surface area contributed by atoms with Gasteiger partial charge in [0.2, 0.25) is 0 Å². The molecule has 0 saturated carbocycles. The number of fused-ring (bicyclic) bond motifs is 1. The van der Waals surface area contributed by atoms with Crippen LogP contribution >= 0.6 is 11.3 Å². The van der Waals surface area contributed by atoms with E-state index in [1.165, 1.54) is 23.5 Å². The van der Waals surface area contributed by atoms with Gasteiger partial charge in [0, 0.05) is 0 Å². The van der Waals surface area contributed by atoms with Crippen LogP contribution in [-0.4, -0.2) is 12.1 Å². The van der Waals surface area contributed by atoms with Gasteiger partial charge in [-0.3, -0.25) is 0 Å². The van der Waals surface area contributed by atoms with Gasteiger partial charge in [-0.25, -0.2) is 9.37 Å². The van der Waals surface area contributed by atoms with E-state index in [4.69, 9.17) is 4.74 Å². The van der Waals surface area contributed by atoms with Crippen LogP contribution in [0.5, 0.6) is 5.75 Å². The molecule has 0 saturated heterocycles. The number of methoxy groups -OCH3 is 1. The van der Waals surface area contributed by atoms with Gasteiger partial charge in [-0.15, -0.1) is 0 Å². The average Bonchev–Trinajstić information content (AvgIpc) is 3.04. The summed E-state index contributed by atoms with van der Waals surface area (Å²) in [7, 11) is 1.64. The van der Waals surface area contributed by atoms with Crippen LogP contribution in [0.2, 0.25) is 0 Å². The predicted molar refractivity (Wildman–Crippen MR) is 101 cm³/mol. The lowest BCUT2D eigenvalue weighted by Crippen LogP contribution is -1.94. The van der Waals surface area contributed by atoms with Gasteiger partial charge in [-0.05, 0) is 41.5 Å². The van der Waals surface area contributed by atoms with Gasteiger partial charge in [0.15, 0.2) is 5.13 Å². The zero-order valence-corrected chi connectivity index (χ0v) is 14.3. The summed E-state index contributed by atoms with van der Waals surface area (Å²) in [5.41, 5.74) is 3.80. The fourth-order valence-electron chi connectivity index (χ4n) is 2.67. The van der Waals surface area contributed by atoms with Crippen molar-refractivity contribution in [3.05, 3.63) is 72.5 Å². The van der Waals surface area contributed by atoms with Crippen LogP contribution in [0.4, 0.5) is 15.2 Å². The second kappa shape index (κ2) is 6.53. The van der Waals surface area contributed by atoms with Crippen molar-refractivity contribution in [2.45, 2.75) is 0 Å². The molecule has 4 aromatic rings. The summed E-state index contributed by atoms with van der Waals surface area (Å²) in [6.45, 7) is 0. The van der Waals surface area contributed by atoms with Gasteiger partial charge in [-0.2, -0.15) is 0 Å². The summed E-state index contributed by atoms with van der Waals surface area (Å²) in [4.78, 5) is 4.49. The van der Waals surface area contributed by atoms with Crippen molar-refractivity contribution in [2.24, 2.45) is 0 Å². The fraction of sp³-hybridized carbons (Fsp3) is 0.0500. The van der Waals surface area contributed by atoms with Crippen LogP contribution in [0.25, 0.3) is 21.3 Å². The lowest BCUT2D eigenvalue weighted by molar-refractivity contribution is 0.417. The number of hydrogen-bond donors (Lipinski definition) is 1. The monoisotopic (exact) mass is 350 g/mol. The molecule has 0 fully saturated rings. The van der Waals surface area contributed by atoms with Crippen LogP contribution in [-0.2, 0) is 0 Å². The Hall–Kier alpha value is -2.92. The Bertz CT molecular complexity index is 1030. The topological polar surface area (TPSA) is 34.1 Å². The number of thiazole rings is 1. The normalized spacial score (nSPS) is 10.8. The van der Waals surface area contributed by atoms with E-state index in [0.29, 0.717) is 5.13 Å². The van der Waals surface area contributed by atoms with Crippen molar-refractivity contribution >= 4 is 32.4 Å². The van der Waals surface area contributed by atoms with Crippen LogP contribution in [0, 0.1) is 5.82 Å². The Morgan fingerprint density at radius 3 is 2.60 bits per heavy atom. The van der Waals surface area contributed by atoms with Crippen molar-refractivity contribution in [1.82, 2.24) is 4.98 Å². The molecule has 0 spiro atoms. The Morgan fingerprint density at radius 2 is 1.80 bits per heavy atom. The molecule has 5 heteroatoms. The number of hydrogen-bond acceptors (Lipinski definition) is 4. The van der Waals surface area contributed by atoms with Crippen LogP contribution in [0.1, 0.15) is 0 Å². The van der Waals surface area contributed by atoms with E-state index in [9.17, 15) is 4.39 Å². The molecule has 124 valence electrons. The molecular weight excluding hydrogens is 335 g/mol. The largest absolute Gasteiger partial charge is 0.495 e. The molecule has 3 nitrogen and oxygen atoms in total. The number of ether oxygens (including phenoxy) is 1. The predicted octanol–water partition coefficient (Wildman–Crippen LogP) is 5.85. The molecule has 0 unspecified atom stereocenters. The minimum Gasteiger partial charge on any atom is -0.495 e. The van der Waals surface area contributed by atoms with E-state index in [2.05, 4.69) is 22.4 Å². The highest BCUT2D eigenvalue weighted by molar-refractivity contribution is 7.22. The number of benzene rings is 3. The summed E-state index contributed by atoms with van der Waals surface area (Å²) in [5.74, 6) is 0.472. The highest BCUT2D eigenvalue weighted by atomic mass is 32.1. The van der Waals surface area contributed by atoms with E-state index in [1.54, 1.807) is 13.2 Å². The minimum absolute atomic E-state index is 0.257. The first-order chi connectivity index (χ1) is 12.2. The Kier molecular flexibility index (Phi) is 4.07. The number of rotatable bonds is 4. The van der Waals surface area contributed by atoms with Gasteiger partial charge in [0.05, 0.1) is 23.0 Å². The molecule has 0 bridgehead atoms. The first kappa shape index (κ1) is 15.6. The molecule has 0 aliphatic rings. The number of nitrogens with zero attached hydrogens (tertiary/aromatic N) is 1. The molecule has 0 aliphatic carbocycles. The number of nitrogens with one attached hydrogen (secondary N) is 1. The van der Waals surface area contributed by atoms with Gasteiger partial charge in [0.25, 0.3) is 0 Å². The summed E-state index contributed by atoms with van der Waals surface area (Å²) in [6, 6.07) is 20.7. The maximum absolute atomic E-state index is 13.3. The van der Waals surface area contributed by atoms with E-state index in [0.717, 1.165) is 32.8 Å². The standard InChI is InChI=1S/C20H15FN2OS/c1-24-18-11-14(13-5-3-2-4-6-13)7-9-16(18)22-20-23-17-10-8-15(21)12-19(17)25-20/h2-12H,1H3,(H,22,23). The van der Waals surface area contributed by atoms with Crippen LogP contribution in [0.15, 0.2) is 66.7 Å². The van der Waals surface area contributed by atoms with Crippen molar-refractivity contribution in [1.29, 1.82) is 0 Å². The lowest BCUT2D eigenvalue weighted by atomic mass is 10.1. The SMILES string of the molecule is COc1cc(-c2ccccc2)ccc1Nc1nc2ccc(F)cc2s1. The molecule has 4 rings (SSSR count). The molecule has 1 heterocycles. The van der Waals surface area contributed by atoms with Gasteiger partial charge in [-0.1, -0.05) is 47.7 Å². The smallest absolute Gasteiger partial charge is 0.188 e. The van der Waals surface area contributed by atoms with Gasteiger partial charge >= 0.3 is 0 Å². The third kappa shape index (κ3) is 3.19. The Labute approximate surface area is 148 Å². The fourth-order valence-corrected chi connectivity index (χ4v) is 3.57. The Morgan fingerprint density at radius 1 is 0.960 bits per heavy atom. The molecule has 0 aliphatic heterocycles. The van der Waals surface area contributed by atoms with Gasteiger partial charge < -0.3 is 10.1 Å². The number of halogens is 1. The maximum Gasteiger partial charge on any atom is 0.188 e. The minimum atomic E-state index is -0.257. The average molecular weight is 350 g/mol. The Balaban J connectivity index is 1.67. The molecule has 25 heavy (non-hydrogen) atoms. The van der Waals surface area contributed by atoms with Crippen molar-refractivity contribution < 1.29 is 9.13 Å². The number of anilines is 2. The molecule has 1 N–H and O–H groups in total. The van der Waals surface area contributed by atoms with E-state index < -0.39 is 0 Å². The lowest BCUT2D eigenvalue weighted by Gasteiger charge is -2.11. The van der Waals surface area contributed by atoms with E-state index >= 15 is 0 Å². The maximum atomic E-state index is 13.3. The van der Waals surface area contributed by atoms with E-state index in [-0.39, 0.29) is 5.82 Å². The summed E-state index contributed by atoms with van der Waals surface area (Å²) in [6.07, 6.45) is 0. The molecule has 0 amide bonds. The third-order valence-corrected chi connectivity index (χ3v) is 4.83. The van der Waals surface area contributed by atoms with E-state index in [1.807, 2.05) is 36.4 Å². The quantitative estimate of drug-likeness (QED) is 0.501. The summed E-state index contributed by atoms with van der Waals surface area (Å²) < 4.78 is 19.7. The zero-order chi connectivity index (χ0) is 17.2.